The Labute approximate surface area is 207 Å². The van der Waals surface area contributed by atoms with Crippen molar-refractivity contribution in [2.75, 3.05) is 24.8 Å². The van der Waals surface area contributed by atoms with Gasteiger partial charge >= 0.3 is 0 Å². The van der Waals surface area contributed by atoms with Crippen molar-refractivity contribution in [2.24, 2.45) is 0 Å². The van der Waals surface area contributed by atoms with Crippen molar-refractivity contribution >= 4 is 28.9 Å². The molecule has 11 heteroatoms. The Morgan fingerprint density at radius 2 is 2.08 bits per heavy atom. The van der Waals surface area contributed by atoms with Gasteiger partial charge in [-0.25, -0.2) is 4.98 Å². The quantitative estimate of drug-likeness (QED) is 0.362. The van der Waals surface area contributed by atoms with Gasteiger partial charge in [0, 0.05) is 32.1 Å². The molecule has 2 atom stereocenters. The number of methoxy groups -OCH3 is 1. The molecule has 11 nitrogen and oxygen atoms in total. The fourth-order valence-corrected chi connectivity index (χ4v) is 4.30. The van der Waals surface area contributed by atoms with Crippen LogP contribution in [0.15, 0.2) is 53.7 Å². The van der Waals surface area contributed by atoms with E-state index in [1.807, 2.05) is 26.0 Å². The van der Waals surface area contributed by atoms with Crippen molar-refractivity contribution in [2.45, 2.75) is 38.3 Å². The zero-order chi connectivity index (χ0) is 25.4. The van der Waals surface area contributed by atoms with Gasteiger partial charge in [0.25, 0.3) is 11.5 Å². The molecule has 1 aliphatic carbocycles. The molecule has 4 heterocycles. The number of fused-ring (bicyclic) bond motifs is 1. The first-order valence-corrected chi connectivity index (χ1v) is 11.7. The standard InChI is InChI=1S/C25H28N8O3/c1-15-7-8-16(13-27-15)32-11-5-6-18(24(32)35)29-20-12-21(26-3)33-22(31-20)17(14-28-33)23(34)30-19-9-10-25(19,2)36-4/h5-8,11-14,19,26H,9-10H2,1-4H3,(H,29,31)(H,30,34)/t19-,25-/m0/s1. The van der Waals surface area contributed by atoms with Crippen LogP contribution >= 0.6 is 0 Å². The number of ether oxygens (including phenoxy) is 1. The van der Waals surface area contributed by atoms with Gasteiger partial charge in [-0.15, -0.1) is 0 Å². The Morgan fingerprint density at radius 3 is 2.75 bits per heavy atom. The number of hydrogen-bond acceptors (Lipinski definition) is 8. The van der Waals surface area contributed by atoms with Gasteiger partial charge in [-0.1, -0.05) is 0 Å². The van der Waals surface area contributed by atoms with Crippen molar-refractivity contribution in [1.82, 2.24) is 29.5 Å². The lowest BCUT2D eigenvalue weighted by atomic mass is 9.76. The molecule has 5 rings (SSSR count). The van der Waals surface area contributed by atoms with Crippen LogP contribution in [0.2, 0.25) is 0 Å². The average Bonchev–Trinajstić information content (AvgIpc) is 3.31. The summed E-state index contributed by atoms with van der Waals surface area (Å²) in [5.74, 6) is 0.716. The van der Waals surface area contributed by atoms with Crippen molar-refractivity contribution < 1.29 is 9.53 Å². The minimum atomic E-state index is -0.380. The van der Waals surface area contributed by atoms with E-state index in [2.05, 4.69) is 31.0 Å². The van der Waals surface area contributed by atoms with Crippen LogP contribution < -0.4 is 21.5 Å². The molecule has 4 aromatic rings. The third-order valence-electron chi connectivity index (χ3n) is 6.79. The lowest BCUT2D eigenvalue weighted by molar-refractivity contribution is -0.0828. The monoisotopic (exact) mass is 488 g/mol. The van der Waals surface area contributed by atoms with Gasteiger partial charge in [0.1, 0.15) is 22.9 Å². The maximum absolute atomic E-state index is 13.2. The highest BCUT2D eigenvalue weighted by molar-refractivity contribution is 6.00. The summed E-state index contributed by atoms with van der Waals surface area (Å²) in [6, 6.07) is 8.77. The number of rotatable bonds is 7. The Morgan fingerprint density at radius 1 is 1.25 bits per heavy atom. The third kappa shape index (κ3) is 4.07. The molecule has 0 bridgehead atoms. The Kier molecular flexibility index (Phi) is 5.92. The summed E-state index contributed by atoms with van der Waals surface area (Å²) in [4.78, 5) is 35.2. The van der Waals surface area contributed by atoms with Crippen LogP contribution in [0.5, 0.6) is 0 Å². The molecule has 36 heavy (non-hydrogen) atoms. The highest BCUT2D eigenvalue weighted by Crippen LogP contribution is 2.35. The lowest BCUT2D eigenvalue weighted by Crippen LogP contribution is -2.59. The number of nitrogens with one attached hydrogen (secondary N) is 3. The minimum Gasteiger partial charge on any atom is -0.376 e. The van der Waals surface area contributed by atoms with E-state index in [9.17, 15) is 9.59 Å². The summed E-state index contributed by atoms with van der Waals surface area (Å²) in [5, 5.41) is 13.6. The summed E-state index contributed by atoms with van der Waals surface area (Å²) in [5.41, 5.74) is 1.90. The van der Waals surface area contributed by atoms with Gasteiger partial charge in [-0.05, 0) is 51.0 Å². The first-order chi connectivity index (χ1) is 17.3. The zero-order valence-electron chi connectivity index (χ0n) is 20.6. The predicted octanol–water partition coefficient (Wildman–Crippen LogP) is 2.67. The van der Waals surface area contributed by atoms with Crippen LogP contribution in [0, 0.1) is 6.92 Å². The van der Waals surface area contributed by atoms with Crippen molar-refractivity contribution in [3.8, 4) is 5.69 Å². The molecule has 0 saturated heterocycles. The summed E-state index contributed by atoms with van der Waals surface area (Å²) < 4.78 is 8.63. The molecule has 0 aromatic carbocycles. The fourth-order valence-electron chi connectivity index (χ4n) is 4.30. The highest BCUT2D eigenvalue weighted by atomic mass is 16.5. The van der Waals surface area contributed by atoms with Crippen LogP contribution in [-0.2, 0) is 4.74 Å². The Bertz CT molecular complexity index is 1490. The van der Waals surface area contributed by atoms with Gasteiger partial charge < -0.3 is 20.7 Å². The third-order valence-corrected chi connectivity index (χ3v) is 6.79. The van der Waals surface area contributed by atoms with Gasteiger partial charge in [0.15, 0.2) is 5.65 Å². The summed E-state index contributed by atoms with van der Waals surface area (Å²) >= 11 is 0. The second-order valence-electron chi connectivity index (χ2n) is 9.03. The normalized spacial score (nSPS) is 19.1. The summed E-state index contributed by atoms with van der Waals surface area (Å²) in [6.07, 6.45) is 6.55. The van der Waals surface area contributed by atoms with Crippen molar-refractivity contribution in [3.05, 3.63) is 70.5 Å². The van der Waals surface area contributed by atoms with E-state index in [0.29, 0.717) is 34.2 Å². The summed E-state index contributed by atoms with van der Waals surface area (Å²) in [6.45, 7) is 3.87. The largest absolute Gasteiger partial charge is 0.376 e. The van der Waals surface area contributed by atoms with Crippen LogP contribution in [0.3, 0.4) is 0 Å². The number of carbonyl (C=O) groups excluding carboxylic acids is 1. The fraction of sp³-hybridized carbons (Fsp3) is 0.320. The van der Waals surface area contributed by atoms with E-state index in [-0.39, 0.29) is 23.1 Å². The maximum atomic E-state index is 13.2. The number of amides is 1. The molecule has 1 amide bonds. The molecule has 3 N–H and O–H groups in total. The Hall–Kier alpha value is -4.25. The molecule has 1 fully saturated rings. The molecule has 186 valence electrons. The maximum Gasteiger partial charge on any atom is 0.278 e. The smallest absolute Gasteiger partial charge is 0.278 e. The summed E-state index contributed by atoms with van der Waals surface area (Å²) in [7, 11) is 3.40. The SMILES string of the molecule is CNc1cc(Nc2cccn(-c3ccc(C)nc3)c2=O)nc2c(C(=O)N[C@H]3CC[C@]3(C)OC)cnn12. The van der Waals surface area contributed by atoms with Crippen molar-refractivity contribution in [3.63, 3.8) is 0 Å². The molecular formula is C25H28N8O3. The molecule has 1 aliphatic rings. The predicted molar refractivity (Wildman–Crippen MR) is 136 cm³/mol. The van der Waals surface area contributed by atoms with E-state index >= 15 is 0 Å². The van der Waals surface area contributed by atoms with E-state index in [0.717, 1.165) is 18.5 Å². The topological polar surface area (TPSA) is 127 Å². The van der Waals surface area contributed by atoms with Crippen molar-refractivity contribution in [1.29, 1.82) is 0 Å². The Balaban J connectivity index is 1.48. The number of aromatic nitrogens is 5. The van der Waals surface area contributed by atoms with E-state index in [1.54, 1.807) is 49.3 Å². The van der Waals surface area contributed by atoms with Crippen LogP contribution in [0.25, 0.3) is 11.3 Å². The number of nitrogens with zero attached hydrogens (tertiary/aromatic N) is 5. The van der Waals surface area contributed by atoms with E-state index in [1.165, 1.54) is 10.8 Å². The van der Waals surface area contributed by atoms with Gasteiger partial charge in [0.05, 0.1) is 29.7 Å². The number of carbonyl (C=O) groups is 1. The molecule has 0 spiro atoms. The average molecular weight is 489 g/mol. The lowest BCUT2D eigenvalue weighted by Gasteiger charge is -2.45. The molecule has 0 unspecified atom stereocenters. The molecule has 0 aliphatic heterocycles. The number of anilines is 3. The zero-order valence-corrected chi connectivity index (χ0v) is 20.6. The van der Waals surface area contributed by atoms with Crippen LogP contribution in [0.1, 0.15) is 35.8 Å². The van der Waals surface area contributed by atoms with Gasteiger partial charge in [-0.2, -0.15) is 9.61 Å². The number of aryl methyl sites for hydroxylation is 1. The molecule has 0 radical (unpaired) electrons. The first-order valence-electron chi connectivity index (χ1n) is 11.7. The van der Waals surface area contributed by atoms with Gasteiger partial charge in [-0.3, -0.25) is 19.1 Å². The van der Waals surface area contributed by atoms with E-state index in [4.69, 9.17) is 4.74 Å². The first kappa shape index (κ1) is 23.5. The second kappa shape index (κ2) is 9.08. The molecular weight excluding hydrogens is 460 g/mol. The van der Waals surface area contributed by atoms with Crippen LogP contribution in [0.4, 0.5) is 17.3 Å². The highest BCUT2D eigenvalue weighted by Gasteiger charge is 2.44. The number of pyridine rings is 2. The number of hydrogen-bond donors (Lipinski definition) is 3. The second-order valence-corrected chi connectivity index (χ2v) is 9.03. The van der Waals surface area contributed by atoms with Gasteiger partial charge in [0.2, 0.25) is 0 Å². The molecule has 1 saturated carbocycles. The van der Waals surface area contributed by atoms with E-state index < -0.39 is 0 Å². The minimum absolute atomic E-state index is 0.0888. The van der Waals surface area contributed by atoms with Crippen LogP contribution in [-0.4, -0.2) is 55.9 Å². The molecule has 4 aromatic heterocycles.